The van der Waals surface area contributed by atoms with Crippen LogP contribution in [-0.4, -0.2) is 16.1 Å². The van der Waals surface area contributed by atoms with Crippen LogP contribution in [0, 0.1) is 6.92 Å². The summed E-state index contributed by atoms with van der Waals surface area (Å²) < 4.78 is 0.920. The maximum absolute atomic E-state index is 11.8. The minimum absolute atomic E-state index is 0.0105. The van der Waals surface area contributed by atoms with Gasteiger partial charge in [0.2, 0.25) is 5.91 Å². The predicted molar refractivity (Wildman–Crippen MR) is 84.3 cm³/mol. The summed E-state index contributed by atoms with van der Waals surface area (Å²) in [5.74, 6) is -0.320. The lowest BCUT2D eigenvalue weighted by molar-refractivity contribution is -0.121. The van der Waals surface area contributed by atoms with Gasteiger partial charge in [-0.05, 0) is 24.6 Å². The maximum atomic E-state index is 11.8. The van der Waals surface area contributed by atoms with Gasteiger partial charge in [-0.3, -0.25) is 25.5 Å². The number of hydrazine groups is 1. The number of carbonyl (C=O) groups is 1. The third kappa shape index (κ3) is 3.85. The average molecular weight is 351 g/mol. The van der Waals surface area contributed by atoms with Crippen molar-refractivity contribution in [3.05, 3.63) is 62.5 Å². The number of hydrogen-bond acceptors (Lipinski definition) is 3. The van der Waals surface area contributed by atoms with Gasteiger partial charge in [0.1, 0.15) is 0 Å². The van der Waals surface area contributed by atoms with Crippen LogP contribution in [0.5, 0.6) is 0 Å². The molecule has 7 heteroatoms. The van der Waals surface area contributed by atoms with E-state index in [9.17, 15) is 9.59 Å². The Hall–Kier alpha value is -2.28. The molecule has 21 heavy (non-hydrogen) atoms. The summed E-state index contributed by atoms with van der Waals surface area (Å²) in [6, 6.07) is 7.52. The summed E-state index contributed by atoms with van der Waals surface area (Å²) in [5, 5.41) is 5.11. The number of hydrogen-bond donors (Lipinski definition) is 4. The van der Waals surface area contributed by atoms with E-state index < -0.39 is 0 Å². The van der Waals surface area contributed by atoms with Gasteiger partial charge in [0.25, 0.3) is 5.56 Å². The molecule has 2 rings (SSSR count). The smallest absolute Gasteiger partial charge is 0.267 e. The number of halogens is 1. The topological polar surface area (TPSA) is 89.8 Å². The number of benzene rings is 1. The lowest BCUT2D eigenvalue weighted by Crippen LogP contribution is -2.37. The van der Waals surface area contributed by atoms with E-state index in [0.29, 0.717) is 17.0 Å². The fourth-order valence-electron chi connectivity index (χ4n) is 1.78. The van der Waals surface area contributed by atoms with Crippen LogP contribution in [0.2, 0.25) is 0 Å². The van der Waals surface area contributed by atoms with Crippen LogP contribution >= 0.6 is 15.9 Å². The maximum Gasteiger partial charge on any atom is 0.267 e. The summed E-state index contributed by atoms with van der Waals surface area (Å²) in [4.78, 5) is 23.3. The second-order valence-corrected chi connectivity index (χ2v) is 5.44. The minimum Gasteiger partial charge on any atom is -0.302 e. The van der Waals surface area contributed by atoms with E-state index in [2.05, 4.69) is 43.6 Å². The third-order valence-electron chi connectivity index (χ3n) is 2.95. The van der Waals surface area contributed by atoms with Gasteiger partial charge in [0.15, 0.2) is 0 Å². The average Bonchev–Trinajstić information content (AvgIpc) is 2.76. The van der Waals surface area contributed by atoms with Crippen LogP contribution < -0.4 is 16.4 Å². The summed E-state index contributed by atoms with van der Waals surface area (Å²) in [6.45, 7) is 5.58. The highest BCUT2D eigenvalue weighted by molar-refractivity contribution is 9.10. The van der Waals surface area contributed by atoms with Gasteiger partial charge in [-0.2, -0.15) is 0 Å². The highest BCUT2D eigenvalue weighted by Gasteiger charge is 2.11. The zero-order valence-corrected chi connectivity index (χ0v) is 13.0. The molecule has 1 heterocycles. The second-order valence-electron chi connectivity index (χ2n) is 4.52. The van der Waals surface area contributed by atoms with Crippen molar-refractivity contribution in [1.29, 1.82) is 0 Å². The van der Waals surface area contributed by atoms with Crippen LogP contribution in [0.4, 0.5) is 0 Å². The van der Waals surface area contributed by atoms with Crippen molar-refractivity contribution in [3.8, 4) is 0 Å². The van der Waals surface area contributed by atoms with E-state index >= 15 is 0 Å². The standard InChI is InChI=1S/C14H15BrN4O2/c1-8(10-4-3-5-11(15)6-10)16-18-13(20)7-12-9(2)17-19-14(12)21/h3-6,16H,1,7H2,2H3,(H,18,20)(H2,17,19,21). The van der Waals surface area contributed by atoms with E-state index in [1.165, 1.54) is 0 Å². The van der Waals surface area contributed by atoms with Crippen molar-refractivity contribution in [2.75, 3.05) is 0 Å². The molecule has 0 aliphatic carbocycles. The van der Waals surface area contributed by atoms with Crippen LogP contribution in [0.15, 0.2) is 40.1 Å². The Morgan fingerprint density at radius 2 is 2.10 bits per heavy atom. The zero-order valence-electron chi connectivity index (χ0n) is 11.4. The number of aryl methyl sites for hydroxylation is 1. The highest BCUT2D eigenvalue weighted by atomic mass is 79.9. The molecular formula is C14H15BrN4O2. The Labute approximate surface area is 129 Å². The van der Waals surface area contributed by atoms with Crippen LogP contribution in [0.3, 0.4) is 0 Å². The van der Waals surface area contributed by atoms with Crippen LogP contribution in [0.25, 0.3) is 5.70 Å². The van der Waals surface area contributed by atoms with Crippen molar-refractivity contribution in [1.82, 2.24) is 21.0 Å². The van der Waals surface area contributed by atoms with Crippen molar-refractivity contribution in [2.24, 2.45) is 0 Å². The van der Waals surface area contributed by atoms with E-state index in [0.717, 1.165) is 10.0 Å². The van der Waals surface area contributed by atoms with Crippen molar-refractivity contribution >= 4 is 27.5 Å². The van der Waals surface area contributed by atoms with Crippen LogP contribution in [-0.2, 0) is 11.2 Å². The molecule has 0 aliphatic rings. The van der Waals surface area contributed by atoms with Gasteiger partial charge >= 0.3 is 0 Å². The normalized spacial score (nSPS) is 10.2. The van der Waals surface area contributed by atoms with Gasteiger partial charge in [-0.25, -0.2) is 0 Å². The summed E-state index contributed by atoms with van der Waals surface area (Å²) in [7, 11) is 0. The fourth-order valence-corrected chi connectivity index (χ4v) is 2.18. The van der Waals surface area contributed by atoms with Gasteiger partial charge in [-0.15, -0.1) is 0 Å². The largest absolute Gasteiger partial charge is 0.302 e. The number of aromatic nitrogens is 2. The molecule has 2 aromatic rings. The summed E-state index contributed by atoms with van der Waals surface area (Å²) in [6.07, 6.45) is -0.0105. The Morgan fingerprint density at radius 1 is 1.33 bits per heavy atom. The fraction of sp³-hybridized carbons (Fsp3) is 0.143. The molecule has 0 fully saturated rings. The molecule has 110 valence electrons. The number of nitrogens with one attached hydrogen (secondary N) is 4. The number of carbonyl (C=O) groups excluding carboxylic acids is 1. The Balaban J connectivity index is 1.93. The van der Waals surface area contributed by atoms with E-state index in [-0.39, 0.29) is 17.9 Å². The predicted octanol–water partition coefficient (Wildman–Crippen LogP) is 1.61. The molecule has 1 amide bonds. The monoisotopic (exact) mass is 350 g/mol. The first-order valence-corrected chi connectivity index (χ1v) is 7.02. The van der Waals surface area contributed by atoms with E-state index in [4.69, 9.17) is 0 Å². The molecule has 6 nitrogen and oxygen atoms in total. The molecule has 0 unspecified atom stereocenters. The molecule has 0 atom stereocenters. The molecule has 1 aromatic heterocycles. The van der Waals surface area contributed by atoms with Gasteiger partial charge in [0.05, 0.1) is 12.1 Å². The zero-order chi connectivity index (χ0) is 15.4. The Morgan fingerprint density at radius 3 is 2.71 bits per heavy atom. The molecule has 1 aromatic carbocycles. The highest BCUT2D eigenvalue weighted by Crippen LogP contribution is 2.15. The number of amides is 1. The molecule has 0 saturated carbocycles. The number of aromatic amines is 2. The van der Waals surface area contributed by atoms with Gasteiger partial charge in [0, 0.05) is 15.7 Å². The van der Waals surface area contributed by atoms with Crippen LogP contribution in [0.1, 0.15) is 16.8 Å². The van der Waals surface area contributed by atoms with Crippen molar-refractivity contribution in [3.63, 3.8) is 0 Å². The first-order chi connectivity index (χ1) is 9.97. The molecule has 0 aliphatic heterocycles. The SMILES string of the molecule is C=C(NNC(=O)Cc1c(C)[nH][nH]c1=O)c1cccc(Br)c1. The number of H-pyrrole nitrogens is 2. The summed E-state index contributed by atoms with van der Waals surface area (Å²) >= 11 is 3.37. The van der Waals surface area contributed by atoms with E-state index in [1.807, 2.05) is 24.3 Å². The third-order valence-corrected chi connectivity index (χ3v) is 3.45. The minimum atomic E-state index is -0.320. The lowest BCUT2D eigenvalue weighted by Gasteiger charge is -2.11. The summed E-state index contributed by atoms with van der Waals surface area (Å²) in [5.41, 5.74) is 7.46. The molecule has 0 bridgehead atoms. The lowest BCUT2D eigenvalue weighted by atomic mass is 10.2. The number of rotatable bonds is 5. The van der Waals surface area contributed by atoms with E-state index in [1.54, 1.807) is 6.92 Å². The molecule has 0 spiro atoms. The first kappa shape index (κ1) is 15.1. The molecular weight excluding hydrogens is 336 g/mol. The van der Waals surface area contributed by atoms with Crippen molar-refractivity contribution in [2.45, 2.75) is 13.3 Å². The van der Waals surface area contributed by atoms with Gasteiger partial charge < -0.3 is 5.10 Å². The Kier molecular flexibility index (Phi) is 4.64. The second kappa shape index (κ2) is 6.45. The first-order valence-electron chi connectivity index (χ1n) is 6.23. The molecule has 4 N–H and O–H groups in total. The molecule has 0 radical (unpaired) electrons. The van der Waals surface area contributed by atoms with Crippen molar-refractivity contribution < 1.29 is 4.79 Å². The molecule has 0 saturated heterocycles. The quantitative estimate of drug-likeness (QED) is 0.617. The van der Waals surface area contributed by atoms with Gasteiger partial charge in [-0.1, -0.05) is 34.6 Å². The Bertz CT molecular complexity index is 733.